The van der Waals surface area contributed by atoms with Crippen LogP contribution in [0.25, 0.3) is 22.2 Å². The molecule has 0 atom stereocenters. The molecule has 4 rings (SSSR count). The van der Waals surface area contributed by atoms with E-state index in [1.807, 2.05) is 19.0 Å². The highest BCUT2D eigenvalue weighted by molar-refractivity contribution is 6.14. The van der Waals surface area contributed by atoms with Gasteiger partial charge in [0.05, 0.1) is 16.8 Å². The van der Waals surface area contributed by atoms with Crippen LogP contribution in [0.3, 0.4) is 0 Å². The molecule has 0 unspecified atom stereocenters. The number of hydrogen-bond acceptors (Lipinski definition) is 5. The van der Waals surface area contributed by atoms with Crippen molar-refractivity contribution in [3.8, 4) is 11.3 Å². The summed E-state index contributed by atoms with van der Waals surface area (Å²) in [5, 5.41) is 11.4. The quantitative estimate of drug-likeness (QED) is 0.232. The molecule has 0 fully saturated rings. The molecule has 0 aliphatic heterocycles. The Morgan fingerprint density at radius 3 is 2.20 bits per heavy atom. The van der Waals surface area contributed by atoms with Crippen LogP contribution in [0.15, 0.2) is 30.3 Å². The number of rotatable bonds is 6. The minimum absolute atomic E-state index is 0.0609. The number of nitrogen functional groups attached to an aromatic ring is 1. The van der Waals surface area contributed by atoms with Crippen LogP contribution in [0.2, 0.25) is 0 Å². The number of carbonyl (C=O) groups excluding carboxylic acids is 1. The van der Waals surface area contributed by atoms with Gasteiger partial charge >= 0.3 is 6.18 Å². The SMILES string of the molecule is CC(=N)c1c(N)cc(C(F)(F)F)c2nc(-c3ccc(C(=O)NCCN(C)C)cc3)c3c(c12)CCCC3.CC(C)C. The average Bonchev–Trinajstić information content (AvgIpc) is 2.86. The molecule has 216 valence electrons. The molecule has 3 aromatic rings. The molecule has 0 spiro atoms. The van der Waals surface area contributed by atoms with Crippen molar-refractivity contribution in [1.29, 1.82) is 5.41 Å². The molecule has 9 heteroatoms. The smallest absolute Gasteiger partial charge is 0.398 e. The maximum Gasteiger partial charge on any atom is 0.418 e. The number of amides is 1. The van der Waals surface area contributed by atoms with Crippen LogP contribution < -0.4 is 11.1 Å². The lowest BCUT2D eigenvalue weighted by atomic mass is 9.83. The van der Waals surface area contributed by atoms with Crippen LogP contribution in [-0.4, -0.2) is 48.7 Å². The second-order valence-corrected chi connectivity index (χ2v) is 11.2. The predicted octanol–water partition coefficient (Wildman–Crippen LogP) is 6.72. The summed E-state index contributed by atoms with van der Waals surface area (Å²) in [5.41, 5.74) is 8.62. The fraction of sp³-hybridized carbons (Fsp3) is 0.452. The topological polar surface area (TPSA) is 95.1 Å². The van der Waals surface area contributed by atoms with E-state index in [1.54, 1.807) is 24.3 Å². The highest BCUT2D eigenvalue weighted by atomic mass is 19.4. The average molecular weight is 556 g/mol. The number of hydrogen-bond donors (Lipinski definition) is 3. The van der Waals surface area contributed by atoms with Crippen LogP contribution in [0.5, 0.6) is 0 Å². The van der Waals surface area contributed by atoms with Crippen molar-refractivity contribution in [1.82, 2.24) is 15.2 Å². The van der Waals surface area contributed by atoms with E-state index in [-0.39, 0.29) is 22.8 Å². The Morgan fingerprint density at radius 1 is 1.10 bits per heavy atom. The van der Waals surface area contributed by atoms with Crippen LogP contribution in [0.1, 0.15) is 73.1 Å². The third-order valence-corrected chi connectivity index (χ3v) is 6.55. The third kappa shape index (κ3) is 7.18. The molecular formula is C31H40F3N5O. The van der Waals surface area contributed by atoms with Crippen molar-refractivity contribution < 1.29 is 18.0 Å². The summed E-state index contributed by atoms with van der Waals surface area (Å²) < 4.78 is 42.3. The van der Waals surface area contributed by atoms with E-state index in [1.165, 1.54) is 6.92 Å². The second-order valence-electron chi connectivity index (χ2n) is 11.2. The third-order valence-electron chi connectivity index (χ3n) is 6.55. The van der Waals surface area contributed by atoms with Crippen LogP contribution >= 0.6 is 0 Å². The number of pyridine rings is 1. The summed E-state index contributed by atoms with van der Waals surface area (Å²) in [6.07, 6.45) is -1.65. The van der Waals surface area contributed by atoms with Gasteiger partial charge in [-0.2, -0.15) is 13.2 Å². The van der Waals surface area contributed by atoms with E-state index in [9.17, 15) is 18.0 Å². The lowest BCUT2D eigenvalue weighted by molar-refractivity contribution is -0.136. The Labute approximate surface area is 234 Å². The summed E-state index contributed by atoms with van der Waals surface area (Å²) in [4.78, 5) is 19.0. The number of anilines is 1. The Bertz CT molecular complexity index is 1380. The molecule has 0 radical (unpaired) electrons. The lowest BCUT2D eigenvalue weighted by Crippen LogP contribution is -2.31. The van der Waals surface area contributed by atoms with Gasteiger partial charge in [-0.15, -0.1) is 0 Å². The molecule has 1 amide bonds. The van der Waals surface area contributed by atoms with Crippen molar-refractivity contribution in [2.24, 2.45) is 5.92 Å². The number of benzene rings is 2. The molecule has 40 heavy (non-hydrogen) atoms. The second kappa shape index (κ2) is 12.8. The number of aromatic nitrogens is 1. The number of carbonyl (C=O) groups is 1. The van der Waals surface area contributed by atoms with E-state index in [0.29, 0.717) is 53.7 Å². The molecule has 6 nitrogen and oxygen atoms in total. The number of nitrogens with two attached hydrogens (primary N) is 1. The fourth-order valence-corrected chi connectivity index (χ4v) is 4.86. The molecule has 1 aliphatic rings. The van der Waals surface area contributed by atoms with E-state index < -0.39 is 11.7 Å². The van der Waals surface area contributed by atoms with Crippen molar-refractivity contribution in [3.05, 3.63) is 58.1 Å². The van der Waals surface area contributed by atoms with E-state index >= 15 is 0 Å². The fourth-order valence-electron chi connectivity index (χ4n) is 4.86. The van der Waals surface area contributed by atoms with Gasteiger partial charge in [0.25, 0.3) is 5.91 Å². The van der Waals surface area contributed by atoms with Crippen LogP contribution in [0.4, 0.5) is 18.9 Å². The Balaban J connectivity index is 0.00000103. The molecule has 0 saturated carbocycles. The van der Waals surface area contributed by atoms with Gasteiger partial charge in [-0.3, -0.25) is 4.79 Å². The van der Waals surface area contributed by atoms with Gasteiger partial charge in [0.15, 0.2) is 0 Å². The Morgan fingerprint density at radius 2 is 1.68 bits per heavy atom. The van der Waals surface area contributed by atoms with Crippen molar-refractivity contribution in [2.75, 3.05) is 32.9 Å². The predicted molar refractivity (Wildman–Crippen MR) is 157 cm³/mol. The number of halogens is 3. The number of alkyl halides is 3. The van der Waals surface area contributed by atoms with Gasteiger partial charge in [0.2, 0.25) is 0 Å². The first-order chi connectivity index (χ1) is 18.7. The van der Waals surface area contributed by atoms with Gasteiger partial charge < -0.3 is 21.4 Å². The van der Waals surface area contributed by atoms with Gasteiger partial charge in [-0.1, -0.05) is 32.9 Å². The molecule has 1 aliphatic carbocycles. The number of fused-ring (bicyclic) bond motifs is 3. The van der Waals surface area contributed by atoms with Crippen molar-refractivity contribution >= 4 is 28.2 Å². The zero-order valence-electron chi connectivity index (χ0n) is 24.2. The molecule has 0 saturated heterocycles. The normalized spacial score (nSPS) is 13.2. The van der Waals surface area contributed by atoms with Crippen molar-refractivity contribution in [3.63, 3.8) is 0 Å². The minimum atomic E-state index is -4.65. The molecular weight excluding hydrogens is 515 g/mol. The first-order valence-electron chi connectivity index (χ1n) is 13.7. The molecule has 1 heterocycles. The van der Waals surface area contributed by atoms with E-state index in [2.05, 4.69) is 31.1 Å². The monoisotopic (exact) mass is 555 g/mol. The summed E-state index contributed by atoms with van der Waals surface area (Å²) in [7, 11) is 3.84. The van der Waals surface area contributed by atoms with Gasteiger partial charge in [0, 0.05) is 46.6 Å². The largest absolute Gasteiger partial charge is 0.418 e. The van der Waals surface area contributed by atoms with Gasteiger partial charge in [-0.05, 0) is 81.9 Å². The first kappa shape index (κ1) is 31.1. The maximum atomic E-state index is 14.1. The standard InChI is InChI=1S/C27H30F3N5O.C4H10/c1-15(31)22-21(32)14-20(27(28,29)30)25-23(22)18-6-4-5-7-19(18)24(34-25)16-8-10-17(11-9-16)26(36)33-12-13-35(2)3;1-4(2)3/h8-11,14,31H,4-7,12-13,32H2,1-3H3,(H,33,36);4H,1-3H3. The first-order valence-corrected chi connectivity index (χ1v) is 13.7. The van der Waals surface area contributed by atoms with Crippen LogP contribution in [-0.2, 0) is 19.0 Å². The zero-order valence-corrected chi connectivity index (χ0v) is 24.2. The number of nitrogens with one attached hydrogen (secondary N) is 2. The lowest BCUT2D eigenvalue weighted by Gasteiger charge is -2.25. The summed E-state index contributed by atoms with van der Waals surface area (Å²) in [6, 6.07) is 7.70. The maximum absolute atomic E-state index is 14.1. The summed E-state index contributed by atoms with van der Waals surface area (Å²) in [5.74, 6) is 0.623. The van der Waals surface area contributed by atoms with Gasteiger partial charge in [0.1, 0.15) is 0 Å². The highest BCUT2D eigenvalue weighted by Crippen LogP contribution is 2.43. The zero-order chi connectivity index (χ0) is 29.8. The number of likely N-dealkylation sites (N-methyl/N-ethyl adjacent to an activating group) is 1. The molecule has 2 aromatic carbocycles. The molecule has 4 N–H and O–H groups in total. The van der Waals surface area contributed by atoms with Gasteiger partial charge in [-0.25, -0.2) is 4.98 Å². The van der Waals surface area contributed by atoms with E-state index in [4.69, 9.17) is 11.1 Å². The highest BCUT2D eigenvalue weighted by Gasteiger charge is 2.36. The molecule has 1 aromatic heterocycles. The van der Waals surface area contributed by atoms with Crippen LogP contribution in [0, 0.1) is 11.3 Å². The molecule has 0 bridgehead atoms. The summed E-state index contributed by atoms with van der Waals surface area (Å²) >= 11 is 0. The van der Waals surface area contributed by atoms with E-state index in [0.717, 1.165) is 36.0 Å². The number of nitrogens with zero attached hydrogens (tertiary/aromatic N) is 2. The number of aryl methyl sites for hydroxylation is 1. The Kier molecular flexibility index (Phi) is 9.95. The minimum Gasteiger partial charge on any atom is -0.398 e. The Hall–Kier alpha value is -3.46. The van der Waals surface area contributed by atoms with Crippen molar-refractivity contribution in [2.45, 2.75) is 59.6 Å². The summed E-state index contributed by atoms with van der Waals surface area (Å²) in [6.45, 7) is 9.25.